The molecule has 1 heterocycles. The van der Waals surface area contributed by atoms with Gasteiger partial charge in [0.25, 0.3) is 0 Å². The second-order valence-electron chi connectivity index (χ2n) is 6.91. The number of rotatable bonds is 6. The number of primary sulfonamides is 1. The SMILES string of the molecule is COC(=O)c1cc(S(N)(=O)=O)ccc1N1CCC(NS(=O)(=O)c2ccccc2)CC1. The molecule has 1 aliphatic heterocycles. The minimum Gasteiger partial charge on any atom is -0.465 e. The highest BCUT2D eigenvalue weighted by atomic mass is 32.2. The lowest BCUT2D eigenvalue weighted by Crippen LogP contribution is -2.45. The molecule has 3 rings (SSSR count). The number of carbonyl (C=O) groups is 1. The number of nitrogens with one attached hydrogen (secondary N) is 1. The molecule has 0 aliphatic carbocycles. The van der Waals surface area contributed by atoms with E-state index in [1.165, 1.54) is 37.4 Å². The number of hydrogen-bond acceptors (Lipinski definition) is 7. The molecule has 0 unspecified atom stereocenters. The normalized spacial score (nSPS) is 15.7. The van der Waals surface area contributed by atoms with E-state index in [1.54, 1.807) is 18.2 Å². The van der Waals surface area contributed by atoms with Crippen LogP contribution in [0.4, 0.5) is 5.69 Å². The molecule has 1 fully saturated rings. The van der Waals surface area contributed by atoms with Gasteiger partial charge in [-0.25, -0.2) is 31.5 Å². The first-order chi connectivity index (χ1) is 14.1. The highest BCUT2D eigenvalue weighted by Gasteiger charge is 2.27. The molecule has 1 saturated heterocycles. The molecule has 30 heavy (non-hydrogen) atoms. The lowest BCUT2D eigenvalue weighted by molar-refractivity contribution is 0.0601. The quantitative estimate of drug-likeness (QED) is 0.624. The van der Waals surface area contributed by atoms with Crippen molar-refractivity contribution in [3.8, 4) is 0 Å². The van der Waals surface area contributed by atoms with Gasteiger partial charge in [0.1, 0.15) is 0 Å². The minimum absolute atomic E-state index is 0.0901. The van der Waals surface area contributed by atoms with Crippen LogP contribution in [-0.2, 0) is 24.8 Å². The van der Waals surface area contributed by atoms with Crippen LogP contribution >= 0.6 is 0 Å². The Kier molecular flexibility index (Phi) is 6.46. The zero-order valence-electron chi connectivity index (χ0n) is 16.3. The van der Waals surface area contributed by atoms with Gasteiger partial charge in [-0.2, -0.15) is 0 Å². The number of methoxy groups -OCH3 is 1. The molecule has 0 radical (unpaired) electrons. The number of nitrogens with zero attached hydrogens (tertiary/aromatic N) is 1. The van der Waals surface area contributed by atoms with Crippen LogP contribution in [0.25, 0.3) is 0 Å². The minimum atomic E-state index is -3.97. The van der Waals surface area contributed by atoms with Crippen LogP contribution < -0.4 is 14.8 Å². The Bertz CT molecular complexity index is 1130. The van der Waals surface area contributed by atoms with E-state index in [0.717, 1.165) is 0 Å². The highest BCUT2D eigenvalue weighted by Crippen LogP contribution is 2.28. The topological polar surface area (TPSA) is 136 Å². The molecule has 0 atom stereocenters. The summed E-state index contributed by atoms with van der Waals surface area (Å²) in [5, 5.41) is 5.16. The van der Waals surface area contributed by atoms with Gasteiger partial charge >= 0.3 is 5.97 Å². The summed E-state index contributed by atoms with van der Waals surface area (Å²) in [7, 11) is -6.38. The largest absolute Gasteiger partial charge is 0.465 e. The van der Waals surface area contributed by atoms with E-state index in [4.69, 9.17) is 9.88 Å². The lowest BCUT2D eigenvalue weighted by atomic mass is 10.0. The van der Waals surface area contributed by atoms with Crippen molar-refractivity contribution in [1.29, 1.82) is 0 Å². The number of carbonyl (C=O) groups excluding carboxylic acids is 1. The average molecular weight is 454 g/mol. The van der Waals surface area contributed by atoms with E-state index in [1.807, 2.05) is 4.90 Å². The number of piperidine rings is 1. The maximum Gasteiger partial charge on any atom is 0.340 e. The number of benzene rings is 2. The third-order valence-electron chi connectivity index (χ3n) is 4.91. The van der Waals surface area contributed by atoms with Gasteiger partial charge in [0.05, 0.1) is 28.2 Å². The van der Waals surface area contributed by atoms with Crippen LogP contribution in [0.2, 0.25) is 0 Å². The summed E-state index contributed by atoms with van der Waals surface area (Å²) in [4.78, 5) is 14.1. The Hall–Kier alpha value is -2.47. The molecule has 0 bridgehead atoms. The smallest absolute Gasteiger partial charge is 0.340 e. The third kappa shape index (κ3) is 4.98. The molecular formula is C19H23N3O6S2. The van der Waals surface area contributed by atoms with Crippen molar-refractivity contribution < 1.29 is 26.4 Å². The molecule has 2 aromatic rings. The van der Waals surface area contributed by atoms with E-state index in [2.05, 4.69) is 4.72 Å². The number of anilines is 1. The third-order valence-corrected chi connectivity index (χ3v) is 7.36. The Labute approximate surface area is 175 Å². The van der Waals surface area contributed by atoms with Gasteiger partial charge in [-0.05, 0) is 43.2 Å². The van der Waals surface area contributed by atoms with Crippen LogP contribution in [0.5, 0.6) is 0 Å². The molecule has 0 amide bonds. The van der Waals surface area contributed by atoms with Gasteiger partial charge in [-0.3, -0.25) is 0 Å². The van der Waals surface area contributed by atoms with Gasteiger partial charge < -0.3 is 9.64 Å². The molecule has 1 aliphatic rings. The lowest BCUT2D eigenvalue weighted by Gasteiger charge is -2.34. The summed E-state index contributed by atoms with van der Waals surface area (Å²) < 4.78 is 55.8. The fourth-order valence-electron chi connectivity index (χ4n) is 3.37. The van der Waals surface area contributed by atoms with E-state index in [0.29, 0.717) is 31.6 Å². The molecule has 0 aromatic heterocycles. The van der Waals surface area contributed by atoms with Gasteiger partial charge in [0.15, 0.2) is 0 Å². The number of ether oxygens (including phenoxy) is 1. The fourth-order valence-corrected chi connectivity index (χ4v) is 5.23. The van der Waals surface area contributed by atoms with Crippen molar-refractivity contribution in [2.75, 3.05) is 25.1 Å². The highest BCUT2D eigenvalue weighted by molar-refractivity contribution is 7.89. The Morgan fingerprint density at radius 3 is 2.23 bits per heavy atom. The van der Waals surface area contributed by atoms with Gasteiger partial charge in [-0.15, -0.1) is 0 Å². The summed E-state index contributed by atoms with van der Waals surface area (Å²) in [6.45, 7) is 0.946. The molecule has 0 saturated carbocycles. The number of nitrogens with two attached hydrogens (primary N) is 1. The van der Waals surface area contributed by atoms with Crippen LogP contribution in [0, 0.1) is 0 Å². The molecule has 0 spiro atoms. The first-order valence-corrected chi connectivity index (χ1v) is 12.2. The Morgan fingerprint density at radius 1 is 1.03 bits per heavy atom. The summed E-state index contributed by atoms with van der Waals surface area (Å²) in [6, 6.07) is 11.9. The molecule has 162 valence electrons. The van der Waals surface area contributed by atoms with Crippen molar-refractivity contribution >= 4 is 31.7 Å². The van der Waals surface area contributed by atoms with E-state index < -0.39 is 26.0 Å². The predicted octanol–water partition coefficient (Wildman–Crippen LogP) is 1.07. The van der Waals surface area contributed by atoms with Crippen molar-refractivity contribution in [1.82, 2.24) is 4.72 Å². The van der Waals surface area contributed by atoms with Crippen molar-refractivity contribution in [3.05, 3.63) is 54.1 Å². The average Bonchev–Trinajstić information content (AvgIpc) is 2.73. The maximum absolute atomic E-state index is 12.5. The molecule has 11 heteroatoms. The number of sulfonamides is 2. The monoisotopic (exact) mass is 453 g/mol. The van der Waals surface area contributed by atoms with Crippen molar-refractivity contribution in [2.24, 2.45) is 5.14 Å². The Morgan fingerprint density at radius 2 is 1.67 bits per heavy atom. The second kappa shape index (κ2) is 8.72. The van der Waals surface area contributed by atoms with E-state index in [9.17, 15) is 21.6 Å². The standard InChI is InChI=1S/C19H23N3O6S2/c1-28-19(23)17-13-16(29(20,24)25)7-8-18(17)22-11-9-14(10-12-22)21-30(26,27)15-5-3-2-4-6-15/h2-8,13-14,21H,9-12H2,1H3,(H2,20,24,25). The predicted molar refractivity (Wildman–Crippen MR) is 111 cm³/mol. The number of esters is 1. The molecule has 2 aromatic carbocycles. The zero-order valence-corrected chi connectivity index (χ0v) is 17.9. The summed E-state index contributed by atoms with van der Waals surface area (Å²) in [5.74, 6) is -0.678. The zero-order chi connectivity index (χ0) is 21.9. The van der Waals surface area contributed by atoms with Crippen LogP contribution in [0.3, 0.4) is 0 Å². The first kappa shape index (κ1) is 22.2. The summed E-state index contributed by atoms with van der Waals surface area (Å²) in [5.41, 5.74) is 0.603. The van der Waals surface area contributed by atoms with E-state index >= 15 is 0 Å². The summed E-state index contributed by atoms with van der Waals surface area (Å²) in [6.07, 6.45) is 1.03. The van der Waals surface area contributed by atoms with Gasteiger partial charge in [0, 0.05) is 19.1 Å². The maximum atomic E-state index is 12.5. The molecular weight excluding hydrogens is 430 g/mol. The second-order valence-corrected chi connectivity index (χ2v) is 10.2. The van der Waals surface area contributed by atoms with Gasteiger partial charge in [0.2, 0.25) is 20.0 Å². The Balaban J connectivity index is 1.75. The van der Waals surface area contributed by atoms with Crippen LogP contribution in [0.1, 0.15) is 23.2 Å². The van der Waals surface area contributed by atoms with Crippen LogP contribution in [0.15, 0.2) is 58.3 Å². The van der Waals surface area contributed by atoms with Crippen LogP contribution in [-0.4, -0.2) is 49.0 Å². The molecule has 9 nitrogen and oxygen atoms in total. The first-order valence-electron chi connectivity index (χ1n) is 9.19. The van der Waals surface area contributed by atoms with E-state index in [-0.39, 0.29) is 21.4 Å². The van der Waals surface area contributed by atoms with Crippen molar-refractivity contribution in [2.45, 2.75) is 28.7 Å². The van der Waals surface area contributed by atoms with Crippen molar-refractivity contribution in [3.63, 3.8) is 0 Å². The number of hydrogen-bond donors (Lipinski definition) is 2. The fraction of sp³-hybridized carbons (Fsp3) is 0.316. The van der Waals surface area contributed by atoms with Gasteiger partial charge in [-0.1, -0.05) is 18.2 Å². The molecule has 3 N–H and O–H groups in total. The summed E-state index contributed by atoms with van der Waals surface area (Å²) >= 11 is 0.